The molecule has 0 aliphatic rings. The van der Waals surface area contributed by atoms with Crippen LogP contribution in [0.15, 0.2) is 28.7 Å². The Bertz CT molecular complexity index is 316. The predicted octanol–water partition coefficient (Wildman–Crippen LogP) is 3.12. The third-order valence-electron chi connectivity index (χ3n) is 1.74. The van der Waals surface area contributed by atoms with E-state index in [-0.39, 0.29) is 6.04 Å². The maximum absolute atomic E-state index is 5.62. The lowest BCUT2D eigenvalue weighted by Gasteiger charge is -2.00. The molecule has 0 aliphatic heterocycles. The minimum absolute atomic E-state index is 0.105. The van der Waals surface area contributed by atoms with E-state index in [0.29, 0.717) is 0 Å². The molecule has 0 bridgehead atoms. The second-order valence-corrected chi connectivity index (χ2v) is 4.10. The van der Waals surface area contributed by atoms with Crippen LogP contribution in [0.5, 0.6) is 0 Å². The summed E-state index contributed by atoms with van der Waals surface area (Å²) in [5.41, 5.74) is 8.04. The fourth-order valence-electron chi connectivity index (χ4n) is 1.02. The maximum atomic E-state index is 5.62. The highest BCUT2D eigenvalue weighted by Gasteiger charge is 1.95. The first kappa shape index (κ1) is 10.5. The summed E-state index contributed by atoms with van der Waals surface area (Å²) in [6, 6.07) is 6.37. The number of benzene rings is 1. The van der Waals surface area contributed by atoms with E-state index in [4.69, 9.17) is 5.73 Å². The van der Waals surface area contributed by atoms with Crippen molar-refractivity contribution in [2.75, 3.05) is 0 Å². The van der Waals surface area contributed by atoms with Crippen molar-refractivity contribution in [1.82, 2.24) is 0 Å². The molecule has 1 aromatic rings. The molecule has 1 nitrogen and oxygen atoms in total. The molecular formula is C11H14BrN. The molecule has 0 saturated heterocycles. The molecule has 1 rings (SSSR count). The van der Waals surface area contributed by atoms with Crippen LogP contribution in [0.25, 0.3) is 6.08 Å². The molecule has 2 heteroatoms. The van der Waals surface area contributed by atoms with Crippen molar-refractivity contribution in [2.24, 2.45) is 5.73 Å². The third kappa shape index (κ3) is 3.33. The smallest absolute Gasteiger partial charge is 0.0250 e. The van der Waals surface area contributed by atoms with Gasteiger partial charge >= 0.3 is 0 Å². The topological polar surface area (TPSA) is 26.0 Å². The Morgan fingerprint density at radius 2 is 2.15 bits per heavy atom. The second kappa shape index (κ2) is 4.58. The number of halogens is 1. The third-order valence-corrected chi connectivity index (χ3v) is 2.42. The van der Waals surface area contributed by atoms with Gasteiger partial charge in [-0.1, -0.05) is 40.2 Å². The van der Waals surface area contributed by atoms with Gasteiger partial charge in [-0.2, -0.15) is 0 Å². The molecule has 70 valence electrons. The highest BCUT2D eigenvalue weighted by atomic mass is 79.9. The number of hydrogen-bond acceptors (Lipinski definition) is 1. The lowest BCUT2D eigenvalue weighted by Crippen LogP contribution is -2.09. The fourth-order valence-corrected chi connectivity index (χ4v) is 1.65. The van der Waals surface area contributed by atoms with Gasteiger partial charge in [-0.05, 0) is 31.0 Å². The summed E-state index contributed by atoms with van der Waals surface area (Å²) in [5, 5.41) is 0. The van der Waals surface area contributed by atoms with Crippen LogP contribution >= 0.6 is 15.9 Å². The SMILES string of the molecule is Cc1ccc(/C=C/C(C)N)c(Br)c1. The van der Waals surface area contributed by atoms with Gasteiger partial charge in [0, 0.05) is 10.5 Å². The van der Waals surface area contributed by atoms with Crippen LogP contribution in [0.4, 0.5) is 0 Å². The molecule has 0 aromatic heterocycles. The molecule has 0 fully saturated rings. The summed E-state index contributed by atoms with van der Waals surface area (Å²) in [5.74, 6) is 0. The van der Waals surface area contributed by atoms with Crippen LogP contribution in [-0.4, -0.2) is 6.04 Å². The molecule has 0 saturated carbocycles. The first-order valence-corrected chi connectivity index (χ1v) is 5.09. The lowest BCUT2D eigenvalue weighted by molar-refractivity contribution is 0.931. The van der Waals surface area contributed by atoms with E-state index >= 15 is 0 Å². The molecule has 0 amide bonds. The fraction of sp³-hybridized carbons (Fsp3) is 0.273. The summed E-state index contributed by atoms with van der Waals surface area (Å²) in [6.07, 6.45) is 4.02. The molecule has 0 aliphatic carbocycles. The standard InChI is InChI=1S/C11H14BrN/c1-8-3-5-10(11(12)7-8)6-4-9(2)13/h3-7,9H,13H2,1-2H3/b6-4+. The number of nitrogens with two attached hydrogens (primary N) is 1. The summed E-state index contributed by atoms with van der Waals surface area (Å²) in [6.45, 7) is 4.03. The largest absolute Gasteiger partial charge is 0.325 e. The number of hydrogen-bond donors (Lipinski definition) is 1. The number of rotatable bonds is 2. The zero-order valence-electron chi connectivity index (χ0n) is 7.92. The van der Waals surface area contributed by atoms with Gasteiger partial charge in [0.05, 0.1) is 0 Å². The van der Waals surface area contributed by atoms with Gasteiger partial charge in [0.2, 0.25) is 0 Å². The van der Waals surface area contributed by atoms with Gasteiger partial charge < -0.3 is 5.73 Å². The maximum Gasteiger partial charge on any atom is 0.0250 e. The van der Waals surface area contributed by atoms with Gasteiger partial charge in [0.25, 0.3) is 0 Å². The van der Waals surface area contributed by atoms with Crippen molar-refractivity contribution < 1.29 is 0 Å². The van der Waals surface area contributed by atoms with E-state index in [2.05, 4.69) is 41.1 Å². The van der Waals surface area contributed by atoms with E-state index in [1.54, 1.807) is 0 Å². The first-order valence-electron chi connectivity index (χ1n) is 4.29. The Morgan fingerprint density at radius 3 is 2.69 bits per heavy atom. The molecule has 1 unspecified atom stereocenters. The molecule has 1 atom stereocenters. The average molecular weight is 240 g/mol. The van der Waals surface area contributed by atoms with Gasteiger partial charge in [0.15, 0.2) is 0 Å². The second-order valence-electron chi connectivity index (χ2n) is 3.24. The normalized spacial score (nSPS) is 13.5. The summed E-state index contributed by atoms with van der Waals surface area (Å²) in [4.78, 5) is 0. The summed E-state index contributed by atoms with van der Waals surface area (Å²) in [7, 11) is 0. The lowest BCUT2D eigenvalue weighted by atomic mass is 10.1. The van der Waals surface area contributed by atoms with Crippen molar-refractivity contribution in [2.45, 2.75) is 19.9 Å². The average Bonchev–Trinajstić information content (AvgIpc) is 2.02. The van der Waals surface area contributed by atoms with Gasteiger partial charge in [0.1, 0.15) is 0 Å². The Hall–Kier alpha value is -0.600. The molecule has 2 N–H and O–H groups in total. The molecule has 13 heavy (non-hydrogen) atoms. The van der Waals surface area contributed by atoms with Crippen LogP contribution < -0.4 is 5.73 Å². The summed E-state index contributed by atoms with van der Waals surface area (Å²) >= 11 is 3.51. The zero-order chi connectivity index (χ0) is 9.84. The van der Waals surface area contributed by atoms with Crippen LogP contribution in [0.2, 0.25) is 0 Å². The van der Waals surface area contributed by atoms with E-state index in [1.165, 1.54) is 11.1 Å². The van der Waals surface area contributed by atoms with Gasteiger partial charge in [-0.15, -0.1) is 0 Å². The molecule has 1 aromatic carbocycles. The number of aryl methyl sites for hydroxylation is 1. The highest BCUT2D eigenvalue weighted by Crippen LogP contribution is 2.19. The Balaban J connectivity index is 2.90. The minimum atomic E-state index is 0.105. The monoisotopic (exact) mass is 239 g/mol. The van der Waals surface area contributed by atoms with Crippen LogP contribution in [0.1, 0.15) is 18.1 Å². The highest BCUT2D eigenvalue weighted by molar-refractivity contribution is 9.10. The van der Waals surface area contributed by atoms with Crippen molar-refractivity contribution >= 4 is 22.0 Å². The quantitative estimate of drug-likeness (QED) is 0.844. The van der Waals surface area contributed by atoms with Crippen LogP contribution in [0.3, 0.4) is 0 Å². The molecule has 0 spiro atoms. The predicted molar refractivity (Wildman–Crippen MR) is 61.6 cm³/mol. The molecule has 0 heterocycles. The Kier molecular flexibility index (Phi) is 3.70. The van der Waals surface area contributed by atoms with Crippen molar-refractivity contribution in [3.63, 3.8) is 0 Å². The van der Waals surface area contributed by atoms with Gasteiger partial charge in [-0.3, -0.25) is 0 Å². The first-order chi connectivity index (χ1) is 6.09. The van der Waals surface area contributed by atoms with E-state index in [1.807, 2.05) is 19.1 Å². The van der Waals surface area contributed by atoms with E-state index in [0.717, 1.165) is 4.47 Å². The van der Waals surface area contributed by atoms with Gasteiger partial charge in [-0.25, -0.2) is 0 Å². The van der Waals surface area contributed by atoms with E-state index in [9.17, 15) is 0 Å². The molecule has 0 radical (unpaired) electrons. The molecular weight excluding hydrogens is 226 g/mol. The Morgan fingerprint density at radius 1 is 1.46 bits per heavy atom. The zero-order valence-corrected chi connectivity index (χ0v) is 9.51. The van der Waals surface area contributed by atoms with Crippen molar-refractivity contribution in [3.8, 4) is 0 Å². The minimum Gasteiger partial charge on any atom is -0.325 e. The van der Waals surface area contributed by atoms with Crippen molar-refractivity contribution in [3.05, 3.63) is 39.9 Å². The summed E-state index contributed by atoms with van der Waals surface area (Å²) < 4.78 is 1.12. The van der Waals surface area contributed by atoms with Crippen LogP contribution in [-0.2, 0) is 0 Å². The van der Waals surface area contributed by atoms with E-state index < -0.39 is 0 Å². The van der Waals surface area contributed by atoms with Crippen molar-refractivity contribution in [1.29, 1.82) is 0 Å². The Labute approximate surface area is 87.8 Å². The van der Waals surface area contributed by atoms with Crippen LogP contribution in [0, 0.1) is 6.92 Å².